The molecule has 3 nitrogen and oxygen atoms in total. The maximum absolute atomic E-state index is 5.74. The molecule has 1 saturated carbocycles. The molecule has 0 spiro atoms. The van der Waals surface area contributed by atoms with Crippen molar-refractivity contribution in [2.45, 2.75) is 39.3 Å². The minimum atomic E-state index is 0.180. The molecule has 2 atom stereocenters. The molecule has 1 fully saturated rings. The number of benzene rings is 1. The molecule has 18 heavy (non-hydrogen) atoms. The van der Waals surface area contributed by atoms with Crippen molar-refractivity contribution in [3.8, 4) is 5.75 Å². The van der Waals surface area contributed by atoms with E-state index in [4.69, 9.17) is 9.47 Å². The topological polar surface area (TPSA) is 30.5 Å². The van der Waals surface area contributed by atoms with Crippen molar-refractivity contribution >= 4 is 5.69 Å². The van der Waals surface area contributed by atoms with Crippen LogP contribution in [0.25, 0.3) is 0 Å². The zero-order chi connectivity index (χ0) is 13.2. The summed E-state index contributed by atoms with van der Waals surface area (Å²) < 4.78 is 11.0. The lowest BCUT2D eigenvalue weighted by atomic mass is 9.64. The van der Waals surface area contributed by atoms with Gasteiger partial charge in [-0.15, -0.1) is 0 Å². The van der Waals surface area contributed by atoms with Crippen LogP contribution in [0.1, 0.15) is 27.2 Å². The fourth-order valence-electron chi connectivity index (χ4n) is 2.53. The summed E-state index contributed by atoms with van der Waals surface area (Å²) in [5, 5.41) is 3.57. The number of hydrogen-bond donors (Lipinski definition) is 1. The molecule has 2 unspecified atom stereocenters. The highest BCUT2D eigenvalue weighted by Gasteiger charge is 2.48. The quantitative estimate of drug-likeness (QED) is 0.868. The standard InChI is InChI=1S/C15H23NO2/c1-5-18-14-10-13(15(14,2)3)16-11-7-6-8-12(9-11)17-4/h6-9,13-14,16H,5,10H2,1-4H3. The molecule has 2 rings (SSSR count). The zero-order valence-electron chi connectivity index (χ0n) is 11.7. The largest absolute Gasteiger partial charge is 0.497 e. The Morgan fingerprint density at radius 3 is 2.78 bits per heavy atom. The lowest BCUT2D eigenvalue weighted by molar-refractivity contribution is -0.0975. The van der Waals surface area contributed by atoms with Crippen molar-refractivity contribution in [1.82, 2.24) is 0 Å². The van der Waals surface area contributed by atoms with Crippen LogP contribution in [-0.4, -0.2) is 25.9 Å². The first-order valence-electron chi connectivity index (χ1n) is 6.60. The van der Waals surface area contributed by atoms with Crippen LogP contribution < -0.4 is 10.1 Å². The first-order valence-corrected chi connectivity index (χ1v) is 6.60. The van der Waals surface area contributed by atoms with E-state index in [-0.39, 0.29) is 5.41 Å². The molecule has 0 aromatic heterocycles. The van der Waals surface area contributed by atoms with Crippen molar-refractivity contribution in [1.29, 1.82) is 0 Å². The minimum Gasteiger partial charge on any atom is -0.497 e. The third-order valence-corrected chi connectivity index (χ3v) is 3.96. The molecule has 0 heterocycles. The number of nitrogens with one attached hydrogen (secondary N) is 1. The average Bonchev–Trinajstić information content (AvgIpc) is 2.38. The van der Waals surface area contributed by atoms with Crippen LogP contribution in [0, 0.1) is 5.41 Å². The molecule has 0 aliphatic heterocycles. The van der Waals surface area contributed by atoms with Crippen molar-refractivity contribution in [3.63, 3.8) is 0 Å². The summed E-state index contributed by atoms with van der Waals surface area (Å²) >= 11 is 0. The Labute approximate surface area is 109 Å². The van der Waals surface area contributed by atoms with E-state index in [0.29, 0.717) is 12.1 Å². The lowest BCUT2D eigenvalue weighted by Crippen LogP contribution is -2.58. The number of hydrogen-bond acceptors (Lipinski definition) is 3. The summed E-state index contributed by atoms with van der Waals surface area (Å²) in [7, 11) is 1.69. The number of ether oxygens (including phenoxy) is 2. The van der Waals surface area contributed by atoms with Gasteiger partial charge in [-0.2, -0.15) is 0 Å². The Bertz CT molecular complexity index is 403. The van der Waals surface area contributed by atoms with E-state index >= 15 is 0 Å². The summed E-state index contributed by atoms with van der Waals surface area (Å²) in [6.07, 6.45) is 1.43. The lowest BCUT2D eigenvalue weighted by Gasteiger charge is -2.52. The van der Waals surface area contributed by atoms with Crippen LogP contribution in [-0.2, 0) is 4.74 Å². The molecule has 1 aromatic rings. The van der Waals surface area contributed by atoms with Gasteiger partial charge in [-0.3, -0.25) is 0 Å². The Hall–Kier alpha value is -1.22. The van der Waals surface area contributed by atoms with Gasteiger partial charge in [0, 0.05) is 29.8 Å². The van der Waals surface area contributed by atoms with Gasteiger partial charge in [-0.1, -0.05) is 19.9 Å². The minimum absolute atomic E-state index is 0.180. The molecular weight excluding hydrogens is 226 g/mol. The second-order valence-electron chi connectivity index (χ2n) is 5.43. The van der Waals surface area contributed by atoms with Crippen molar-refractivity contribution in [2.75, 3.05) is 19.0 Å². The number of rotatable bonds is 5. The Balaban J connectivity index is 1.98. The van der Waals surface area contributed by atoms with Crippen LogP contribution >= 0.6 is 0 Å². The molecule has 1 aliphatic rings. The van der Waals surface area contributed by atoms with Gasteiger partial charge >= 0.3 is 0 Å². The van der Waals surface area contributed by atoms with Crippen molar-refractivity contribution in [2.24, 2.45) is 5.41 Å². The van der Waals surface area contributed by atoms with Crippen LogP contribution in [0.2, 0.25) is 0 Å². The van der Waals surface area contributed by atoms with Crippen LogP contribution in [0.4, 0.5) is 5.69 Å². The van der Waals surface area contributed by atoms with E-state index in [1.807, 2.05) is 18.2 Å². The second kappa shape index (κ2) is 5.19. The monoisotopic (exact) mass is 249 g/mol. The van der Waals surface area contributed by atoms with E-state index in [2.05, 4.69) is 32.2 Å². The summed E-state index contributed by atoms with van der Waals surface area (Å²) in [5.41, 5.74) is 1.29. The fourth-order valence-corrected chi connectivity index (χ4v) is 2.53. The van der Waals surface area contributed by atoms with Gasteiger partial charge in [0.05, 0.1) is 13.2 Å². The van der Waals surface area contributed by atoms with E-state index in [9.17, 15) is 0 Å². The van der Waals surface area contributed by atoms with Crippen LogP contribution in [0.5, 0.6) is 5.75 Å². The smallest absolute Gasteiger partial charge is 0.120 e. The van der Waals surface area contributed by atoms with E-state index in [0.717, 1.165) is 24.5 Å². The van der Waals surface area contributed by atoms with Crippen LogP contribution in [0.3, 0.4) is 0 Å². The molecule has 0 amide bonds. The number of anilines is 1. The molecule has 0 saturated heterocycles. The molecule has 1 aromatic carbocycles. The van der Waals surface area contributed by atoms with Gasteiger partial charge in [0.25, 0.3) is 0 Å². The van der Waals surface area contributed by atoms with Gasteiger partial charge in [0.2, 0.25) is 0 Å². The van der Waals surface area contributed by atoms with Gasteiger partial charge in [-0.25, -0.2) is 0 Å². The fraction of sp³-hybridized carbons (Fsp3) is 0.600. The highest BCUT2D eigenvalue weighted by atomic mass is 16.5. The number of methoxy groups -OCH3 is 1. The maximum Gasteiger partial charge on any atom is 0.120 e. The van der Waals surface area contributed by atoms with E-state index < -0.39 is 0 Å². The van der Waals surface area contributed by atoms with Gasteiger partial charge < -0.3 is 14.8 Å². The Morgan fingerprint density at radius 2 is 2.17 bits per heavy atom. The van der Waals surface area contributed by atoms with Crippen LogP contribution in [0.15, 0.2) is 24.3 Å². The van der Waals surface area contributed by atoms with Gasteiger partial charge in [0.1, 0.15) is 5.75 Å². The van der Waals surface area contributed by atoms with Crippen molar-refractivity contribution in [3.05, 3.63) is 24.3 Å². The SMILES string of the molecule is CCOC1CC(Nc2cccc(OC)c2)C1(C)C. The predicted molar refractivity (Wildman–Crippen MR) is 74.2 cm³/mol. The molecule has 1 N–H and O–H groups in total. The summed E-state index contributed by atoms with van der Waals surface area (Å²) in [4.78, 5) is 0. The van der Waals surface area contributed by atoms with Gasteiger partial charge in [0.15, 0.2) is 0 Å². The Morgan fingerprint density at radius 1 is 1.39 bits per heavy atom. The zero-order valence-corrected chi connectivity index (χ0v) is 11.7. The van der Waals surface area contributed by atoms with E-state index in [1.54, 1.807) is 7.11 Å². The molecule has 3 heteroatoms. The third-order valence-electron chi connectivity index (χ3n) is 3.96. The molecule has 100 valence electrons. The second-order valence-corrected chi connectivity index (χ2v) is 5.43. The predicted octanol–water partition coefficient (Wildman–Crippen LogP) is 3.31. The maximum atomic E-state index is 5.74. The van der Waals surface area contributed by atoms with Gasteiger partial charge in [-0.05, 0) is 25.5 Å². The molecular formula is C15H23NO2. The summed E-state index contributed by atoms with van der Waals surface area (Å²) in [5.74, 6) is 0.887. The normalized spacial score (nSPS) is 25.3. The highest BCUT2D eigenvalue weighted by molar-refractivity contribution is 5.49. The first-order chi connectivity index (χ1) is 8.57. The third kappa shape index (κ3) is 2.46. The van der Waals surface area contributed by atoms with Crippen molar-refractivity contribution < 1.29 is 9.47 Å². The average molecular weight is 249 g/mol. The molecule has 1 aliphatic carbocycles. The van der Waals surface area contributed by atoms with E-state index in [1.165, 1.54) is 0 Å². The molecule has 0 radical (unpaired) electrons. The highest BCUT2D eigenvalue weighted by Crippen LogP contribution is 2.44. The summed E-state index contributed by atoms with van der Waals surface area (Å²) in [6.45, 7) is 7.36. The summed E-state index contributed by atoms with van der Waals surface area (Å²) in [6, 6.07) is 8.53. The Kier molecular flexibility index (Phi) is 3.81. The first kappa shape index (κ1) is 13.2. The molecule has 0 bridgehead atoms.